The third kappa shape index (κ3) is 5.97. The van der Waals surface area contributed by atoms with E-state index in [9.17, 15) is 22.8 Å². The second-order valence-corrected chi connectivity index (χ2v) is 6.52. The number of amides is 2. The molecule has 0 fully saturated rings. The molecular formula is C22H19F3N2O3. The Balaban J connectivity index is 1.51. The zero-order valence-corrected chi connectivity index (χ0v) is 15.8. The van der Waals surface area contributed by atoms with Gasteiger partial charge in [0.15, 0.2) is 0 Å². The van der Waals surface area contributed by atoms with Crippen molar-refractivity contribution in [1.82, 2.24) is 10.6 Å². The van der Waals surface area contributed by atoms with Gasteiger partial charge < -0.3 is 15.4 Å². The van der Waals surface area contributed by atoms with Gasteiger partial charge in [0.05, 0.1) is 13.0 Å². The first-order valence-electron chi connectivity index (χ1n) is 9.15. The molecule has 2 N–H and O–H groups in total. The van der Waals surface area contributed by atoms with Crippen molar-refractivity contribution in [3.63, 3.8) is 0 Å². The molecule has 0 radical (unpaired) electrons. The molecule has 0 atom stereocenters. The Kier molecular flexibility index (Phi) is 6.56. The Labute approximate surface area is 170 Å². The van der Waals surface area contributed by atoms with Crippen molar-refractivity contribution in [3.05, 3.63) is 77.9 Å². The Morgan fingerprint density at radius 1 is 0.800 bits per heavy atom. The number of hydrogen-bond donors (Lipinski definition) is 2. The number of carbonyl (C=O) groups is 2. The Bertz CT molecular complexity index is 1050. The van der Waals surface area contributed by atoms with E-state index in [-0.39, 0.29) is 36.7 Å². The van der Waals surface area contributed by atoms with Gasteiger partial charge in [0.1, 0.15) is 5.75 Å². The molecule has 0 heterocycles. The fraction of sp³-hybridized carbons (Fsp3) is 0.182. The third-order valence-electron chi connectivity index (χ3n) is 4.35. The number of fused-ring (bicyclic) bond motifs is 1. The maximum absolute atomic E-state index is 12.4. The van der Waals surface area contributed by atoms with Crippen LogP contribution in [0.3, 0.4) is 0 Å². The minimum atomic E-state index is -4.82. The predicted octanol–water partition coefficient (Wildman–Crippen LogP) is 3.71. The number of hydrogen-bond acceptors (Lipinski definition) is 3. The van der Waals surface area contributed by atoms with Crippen LogP contribution in [0.4, 0.5) is 13.2 Å². The predicted molar refractivity (Wildman–Crippen MR) is 106 cm³/mol. The first kappa shape index (κ1) is 21.2. The lowest BCUT2D eigenvalue weighted by Gasteiger charge is -2.14. The number of rotatable bonds is 7. The lowest BCUT2D eigenvalue weighted by Crippen LogP contribution is -2.37. The molecule has 3 aromatic rings. The summed E-state index contributed by atoms with van der Waals surface area (Å²) in [6, 6.07) is 18.8. The maximum atomic E-state index is 12.4. The number of halogens is 3. The van der Waals surface area contributed by atoms with Crippen molar-refractivity contribution in [2.24, 2.45) is 0 Å². The van der Waals surface area contributed by atoms with Crippen molar-refractivity contribution in [3.8, 4) is 5.75 Å². The minimum Gasteiger partial charge on any atom is -0.405 e. The normalized spacial score (nSPS) is 11.2. The summed E-state index contributed by atoms with van der Waals surface area (Å²) in [5, 5.41) is 6.97. The van der Waals surface area contributed by atoms with Gasteiger partial charge in [-0.3, -0.25) is 9.59 Å². The summed E-state index contributed by atoms with van der Waals surface area (Å²) in [5.74, 6) is -1.24. The Hall–Kier alpha value is -3.55. The molecule has 30 heavy (non-hydrogen) atoms. The lowest BCUT2D eigenvalue weighted by molar-refractivity contribution is -0.274. The topological polar surface area (TPSA) is 67.4 Å². The summed E-state index contributed by atoms with van der Waals surface area (Å²) >= 11 is 0. The van der Waals surface area contributed by atoms with E-state index in [1.807, 2.05) is 42.5 Å². The summed E-state index contributed by atoms with van der Waals surface area (Å²) in [5.41, 5.74) is 1.01. The average Bonchev–Trinajstić information content (AvgIpc) is 2.71. The van der Waals surface area contributed by atoms with Crippen LogP contribution in [0.1, 0.15) is 11.1 Å². The number of ether oxygens (including phenoxy) is 1. The van der Waals surface area contributed by atoms with E-state index in [0.29, 0.717) is 0 Å². The molecule has 2 amide bonds. The third-order valence-corrected chi connectivity index (χ3v) is 4.35. The van der Waals surface area contributed by atoms with E-state index >= 15 is 0 Å². The number of benzene rings is 3. The summed E-state index contributed by atoms with van der Waals surface area (Å²) < 4.78 is 41.3. The van der Waals surface area contributed by atoms with Gasteiger partial charge in [-0.2, -0.15) is 0 Å². The van der Waals surface area contributed by atoms with E-state index in [4.69, 9.17) is 0 Å². The first-order valence-corrected chi connectivity index (χ1v) is 9.15. The highest BCUT2D eigenvalue weighted by atomic mass is 19.4. The van der Waals surface area contributed by atoms with Crippen LogP contribution in [-0.2, 0) is 22.6 Å². The van der Waals surface area contributed by atoms with Crippen LogP contribution < -0.4 is 15.4 Å². The second kappa shape index (κ2) is 9.30. The Morgan fingerprint density at radius 2 is 1.47 bits per heavy atom. The second-order valence-electron chi connectivity index (χ2n) is 6.52. The zero-order valence-electron chi connectivity index (χ0n) is 15.8. The molecule has 5 nitrogen and oxygen atoms in total. The van der Waals surface area contributed by atoms with E-state index in [1.54, 1.807) is 0 Å². The van der Waals surface area contributed by atoms with Gasteiger partial charge in [0.2, 0.25) is 11.8 Å². The van der Waals surface area contributed by atoms with Crippen LogP contribution in [0.25, 0.3) is 10.8 Å². The van der Waals surface area contributed by atoms with Crippen LogP contribution in [0.15, 0.2) is 66.7 Å². The molecule has 0 saturated heterocycles. The minimum absolute atomic E-state index is 0.108. The van der Waals surface area contributed by atoms with Crippen LogP contribution in [0.2, 0.25) is 0 Å². The fourth-order valence-corrected chi connectivity index (χ4v) is 2.99. The first-order chi connectivity index (χ1) is 14.3. The van der Waals surface area contributed by atoms with Gasteiger partial charge in [0, 0.05) is 12.1 Å². The molecule has 0 bridgehead atoms. The van der Waals surface area contributed by atoms with Crippen LogP contribution in [-0.4, -0.2) is 24.7 Å². The van der Waals surface area contributed by atoms with Gasteiger partial charge in [-0.15, -0.1) is 13.2 Å². The van der Waals surface area contributed by atoms with Crippen LogP contribution in [0.5, 0.6) is 5.75 Å². The molecule has 0 unspecified atom stereocenters. The van der Waals surface area contributed by atoms with Crippen molar-refractivity contribution in [1.29, 1.82) is 0 Å². The standard InChI is InChI=1S/C22H19F3N2O3/c23-22(24,25)30-19-11-4-2-7-17(19)13-26-21(29)14-27-20(28)12-16-9-5-8-15-6-1-3-10-18(15)16/h1-11H,12-14H2,(H,26,29)(H,27,28). The number of alkyl halides is 3. The molecule has 0 aliphatic heterocycles. The molecule has 0 saturated carbocycles. The average molecular weight is 416 g/mol. The van der Waals surface area contributed by atoms with Gasteiger partial charge in [-0.05, 0) is 22.4 Å². The molecule has 0 aliphatic carbocycles. The Morgan fingerprint density at radius 3 is 2.27 bits per heavy atom. The largest absolute Gasteiger partial charge is 0.573 e. The van der Waals surface area contributed by atoms with Gasteiger partial charge in [0.25, 0.3) is 0 Å². The maximum Gasteiger partial charge on any atom is 0.573 e. The lowest BCUT2D eigenvalue weighted by atomic mass is 10.0. The molecule has 3 aromatic carbocycles. The summed E-state index contributed by atoms with van der Waals surface area (Å²) in [7, 11) is 0. The van der Waals surface area contributed by atoms with Crippen molar-refractivity contribution >= 4 is 22.6 Å². The van der Waals surface area contributed by atoms with Crippen LogP contribution in [0, 0.1) is 0 Å². The number of nitrogens with one attached hydrogen (secondary N) is 2. The molecule has 0 aliphatic rings. The van der Waals surface area contributed by atoms with Gasteiger partial charge in [-0.1, -0.05) is 60.7 Å². The summed E-state index contributed by atoms with van der Waals surface area (Å²) in [6.45, 7) is -0.448. The SMILES string of the molecule is O=C(CNC(=O)Cc1cccc2ccccc12)NCc1ccccc1OC(F)(F)F. The molecule has 0 spiro atoms. The number of carbonyl (C=O) groups excluding carboxylic acids is 2. The van der Waals surface area contributed by atoms with E-state index in [1.165, 1.54) is 24.3 Å². The zero-order chi connectivity index (χ0) is 21.6. The van der Waals surface area contributed by atoms with Gasteiger partial charge >= 0.3 is 6.36 Å². The van der Waals surface area contributed by atoms with Crippen molar-refractivity contribution < 1.29 is 27.5 Å². The molecular weight excluding hydrogens is 397 g/mol. The van der Waals surface area contributed by atoms with E-state index in [2.05, 4.69) is 15.4 Å². The highest BCUT2D eigenvalue weighted by Crippen LogP contribution is 2.26. The monoisotopic (exact) mass is 416 g/mol. The van der Waals surface area contributed by atoms with Crippen molar-refractivity contribution in [2.75, 3.05) is 6.54 Å². The summed E-state index contributed by atoms with van der Waals surface area (Å²) in [6.07, 6.45) is -4.72. The molecule has 3 rings (SSSR count). The quantitative estimate of drug-likeness (QED) is 0.617. The fourth-order valence-electron chi connectivity index (χ4n) is 2.99. The number of para-hydroxylation sites is 1. The smallest absolute Gasteiger partial charge is 0.405 e. The van der Waals surface area contributed by atoms with E-state index < -0.39 is 12.3 Å². The van der Waals surface area contributed by atoms with E-state index in [0.717, 1.165) is 16.3 Å². The highest BCUT2D eigenvalue weighted by molar-refractivity contribution is 5.91. The molecule has 0 aromatic heterocycles. The van der Waals surface area contributed by atoms with Crippen LogP contribution >= 0.6 is 0 Å². The van der Waals surface area contributed by atoms with Gasteiger partial charge in [-0.25, -0.2) is 0 Å². The molecule has 8 heteroatoms. The molecule has 156 valence electrons. The summed E-state index contributed by atoms with van der Waals surface area (Å²) in [4.78, 5) is 24.2. The highest BCUT2D eigenvalue weighted by Gasteiger charge is 2.31. The van der Waals surface area contributed by atoms with Crippen molar-refractivity contribution in [2.45, 2.75) is 19.3 Å².